The molecule has 0 saturated carbocycles. The molecule has 4 heteroatoms. The molecule has 1 aromatic carbocycles. The lowest BCUT2D eigenvalue weighted by atomic mass is 9.96. The molecule has 1 fully saturated rings. The van der Waals surface area contributed by atoms with Gasteiger partial charge in [0, 0.05) is 31.2 Å². The molecule has 1 aromatic rings. The van der Waals surface area contributed by atoms with Gasteiger partial charge < -0.3 is 10.4 Å². The van der Waals surface area contributed by atoms with E-state index in [4.69, 9.17) is 0 Å². The first kappa shape index (κ1) is 18.0. The molecular weight excluding hydrogens is 288 g/mol. The van der Waals surface area contributed by atoms with Gasteiger partial charge in [-0.15, -0.1) is 0 Å². The predicted molar refractivity (Wildman–Crippen MR) is 93.4 cm³/mol. The Bertz CT molecular complexity index is 481. The summed E-state index contributed by atoms with van der Waals surface area (Å²) in [6.45, 7) is 7.10. The lowest BCUT2D eigenvalue weighted by Crippen LogP contribution is -2.49. The third-order valence-electron chi connectivity index (χ3n) is 5.12. The monoisotopic (exact) mass is 318 g/mol. The molecule has 4 atom stereocenters. The van der Waals surface area contributed by atoms with Gasteiger partial charge >= 0.3 is 0 Å². The SMILES string of the molecule is CC1CCC(C)N1C(C)C(=O)NCC(CCO)c1ccccc1. The van der Waals surface area contributed by atoms with Gasteiger partial charge in [-0.05, 0) is 45.6 Å². The molecule has 0 radical (unpaired) electrons. The van der Waals surface area contributed by atoms with E-state index in [-0.39, 0.29) is 24.5 Å². The highest BCUT2D eigenvalue weighted by atomic mass is 16.3. The van der Waals surface area contributed by atoms with Crippen LogP contribution in [0.15, 0.2) is 30.3 Å². The van der Waals surface area contributed by atoms with E-state index in [9.17, 15) is 9.90 Å². The fraction of sp³-hybridized carbons (Fsp3) is 0.632. The van der Waals surface area contributed by atoms with Crippen LogP contribution in [-0.2, 0) is 4.79 Å². The highest BCUT2D eigenvalue weighted by molar-refractivity contribution is 5.81. The Morgan fingerprint density at radius 3 is 2.43 bits per heavy atom. The van der Waals surface area contributed by atoms with Crippen LogP contribution in [0.4, 0.5) is 0 Å². The highest BCUT2D eigenvalue weighted by Gasteiger charge is 2.34. The van der Waals surface area contributed by atoms with Gasteiger partial charge in [0.25, 0.3) is 0 Å². The lowest BCUT2D eigenvalue weighted by Gasteiger charge is -2.32. The van der Waals surface area contributed by atoms with Gasteiger partial charge in [0.1, 0.15) is 0 Å². The second kappa shape index (κ2) is 8.46. The number of hydrogen-bond acceptors (Lipinski definition) is 3. The quantitative estimate of drug-likeness (QED) is 0.812. The van der Waals surface area contributed by atoms with E-state index in [1.807, 2.05) is 25.1 Å². The fourth-order valence-corrected chi connectivity index (χ4v) is 3.75. The Morgan fingerprint density at radius 2 is 1.87 bits per heavy atom. The minimum Gasteiger partial charge on any atom is -0.396 e. The second-order valence-electron chi connectivity index (χ2n) is 6.76. The number of carbonyl (C=O) groups excluding carboxylic acids is 1. The van der Waals surface area contributed by atoms with Crippen molar-refractivity contribution >= 4 is 5.91 Å². The van der Waals surface area contributed by atoms with Crippen LogP contribution in [-0.4, -0.2) is 47.2 Å². The topological polar surface area (TPSA) is 52.6 Å². The Balaban J connectivity index is 1.93. The van der Waals surface area contributed by atoms with E-state index >= 15 is 0 Å². The number of likely N-dealkylation sites (tertiary alicyclic amines) is 1. The molecule has 4 nitrogen and oxygen atoms in total. The van der Waals surface area contributed by atoms with E-state index in [1.165, 1.54) is 0 Å². The van der Waals surface area contributed by atoms with Crippen LogP contribution >= 0.6 is 0 Å². The highest BCUT2D eigenvalue weighted by Crippen LogP contribution is 2.26. The van der Waals surface area contributed by atoms with Crippen LogP contribution < -0.4 is 5.32 Å². The second-order valence-corrected chi connectivity index (χ2v) is 6.76. The minimum atomic E-state index is -0.104. The summed E-state index contributed by atoms with van der Waals surface area (Å²) in [6.07, 6.45) is 2.99. The van der Waals surface area contributed by atoms with Crippen LogP contribution in [0.2, 0.25) is 0 Å². The molecule has 2 rings (SSSR count). The van der Waals surface area contributed by atoms with E-state index < -0.39 is 0 Å². The standard InChI is InChI=1S/C19H30N2O2/c1-14-9-10-15(2)21(14)16(3)19(23)20-13-18(11-12-22)17-7-5-4-6-8-17/h4-8,14-16,18,22H,9-13H2,1-3H3,(H,20,23). The summed E-state index contributed by atoms with van der Waals surface area (Å²) in [5.41, 5.74) is 1.16. The van der Waals surface area contributed by atoms with E-state index in [1.54, 1.807) is 0 Å². The first-order chi connectivity index (χ1) is 11.0. The van der Waals surface area contributed by atoms with E-state index in [0.29, 0.717) is 25.0 Å². The molecule has 1 heterocycles. The summed E-state index contributed by atoms with van der Waals surface area (Å²) in [4.78, 5) is 14.9. The maximum Gasteiger partial charge on any atom is 0.237 e. The van der Waals surface area contributed by atoms with Crippen molar-refractivity contribution in [3.05, 3.63) is 35.9 Å². The first-order valence-corrected chi connectivity index (χ1v) is 8.75. The summed E-state index contributed by atoms with van der Waals surface area (Å²) >= 11 is 0. The average Bonchev–Trinajstić information content (AvgIpc) is 2.90. The lowest BCUT2D eigenvalue weighted by molar-refractivity contribution is -0.126. The molecule has 2 N–H and O–H groups in total. The number of aliphatic hydroxyl groups excluding tert-OH is 1. The summed E-state index contributed by atoms with van der Waals surface area (Å²) in [5.74, 6) is 0.246. The summed E-state index contributed by atoms with van der Waals surface area (Å²) < 4.78 is 0. The summed E-state index contributed by atoms with van der Waals surface area (Å²) in [7, 11) is 0. The Hall–Kier alpha value is -1.39. The van der Waals surface area contributed by atoms with Crippen LogP contribution in [0.25, 0.3) is 0 Å². The van der Waals surface area contributed by atoms with Crippen LogP contribution in [0.1, 0.15) is 51.5 Å². The first-order valence-electron chi connectivity index (χ1n) is 8.75. The van der Waals surface area contributed by atoms with Crippen molar-refractivity contribution in [1.82, 2.24) is 10.2 Å². The van der Waals surface area contributed by atoms with Crippen molar-refractivity contribution in [1.29, 1.82) is 0 Å². The van der Waals surface area contributed by atoms with Crippen molar-refractivity contribution in [3.63, 3.8) is 0 Å². The molecule has 128 valence electrons. The molecule has 23 heavy (non-hydrogen) atoms. The predicted octanol–water partition coefficient (Wildman–Crippen LogP) is 2.53. The Labute approximate surface area is 139 Å². The summed E-state index contributed by atoms with van der Waals surface area (Å²) in [6, 6.07) is 10.9. The van der Waals surface area contributed by atoms with Gasteiger partial charge in [0.05, 0.1) is 6.04 Å². The smallest absolute Gasteiger partial charge is 0.237 e. The number of amides is 1. The number of nitrogens with zero attached hydrogens (tertiary/aromatic N) is 1. The third-order valence-corrected chi connectivity index (χ3v) is 5.12. The molecule has 0 spiro atoms. The zero-order valence-electron chi connectivity index (χ0n) is 14.5. The van der Waals surface area contributed by atoms with Gasteiger partial charge in [-0.1, -0.05) is 30.3 Å². The largest absolute Gasteiger partial charge is 0.396 e. The molecule has 1 aliphatic rings. The number of aliphatic hydroxyl groups is 1. The van der Waals surface area contributed by atoms with Gasteiger partial charge in [0.15, 0.2) is 0 Å². The summed E-state index contributed by atoms with van der Waals surface area (Å²) in [5, 5.41) is 12.4. The Morgan fingerprint density at radius 1 is 1.26 bits per heavy atom. The van der Waals surface area contributed by atoms with Crippen LogP contribution in [0, 0.1) is 0 Å². The minimum absolute atomic E-state index is 0.0875. The maximum atomic E-state index is 12.5. The van der Waals surface area contributed by atoms with Gasteiger partial charge in [-0.3, -0.25) is 9.69 Å². The van der Waals surface area contributed by atoms with Crippen LogP contribution in [0.5, 0.6) is 0 Å². The number of nitrogens with one attached hydrogen (secondary N) is 1. The number of benzene rings is 1. The zero-order valence-corrected chi connectivity index (χ0v) is 14.5. The molecular formula is C19H30N2O2. The average molecular weight is 318 g/mol. The van der Waals surface area contributed by atoms with Crippen molar-refractivity contribution in [2.75, 3.05) is 13.2 Å². The molecule has 1 aliphatic heterocycles. The molecule has 0 aromatic heterocycles. The fourth-order valence-electron chi connectivity index (χ4n) is 3.75. The van der Waals surface area contributed by atoms with E-state index in [2.05, 4.69) is 36.2 Å². The van der Waals surface area contributed by atoms with Crippen molar-refractivity contribution < 1.29 is 9.90 Å². The number of rotatable bonds is 7. The zero-order chi connectivity index (χ0) is 16.8. The van der Waals surface area contributed by atoms with Gasteiger partial charge in [-0.25, -0.2) is 0 Å². The van der Waals surface area contributed by atoms with Crippen LogP contribution in [0.3, 0.4) is 0 Å². The normalized spacial score (nSPS) is 24.3. The van der Waals surface area contributed by atoms with Crippen molar-refractivity contribution in [2.24, 2.45) is 0 Å². The molecule has 1 amide bonds. The molecule has 0 aliphatic carbocycles. The third kappa shape index (κ3) is 4.55. The molecule has 0 bridgehead atoms. The number of hydrogen-bond donors (Lipinski definition) is 2. The van der Waals surface area contributed by atoms with Crippen molar-refractivity contribution in [2.45, 2.75) is 64.1 Å². The Kier molecular flexibility index (Phi) is 6.60. The van der Waals surface area contributed by atoms with Crippen molar-refractivity contribution in [3.8, 4) is 0 Å². The number of carbonyl (C=O) groups is 1. The van der Waals surface area contributed by atoms with E-state index in [0.717, 1.165) is 18.4 Å². The van der Waals surface area contributed by atoms with Gasteiger partial charge in [-0.2, -0.15) is 0 Å². The van der Waals surface area contributed by atoms with Gasteiger partial charge in [0.2, 0.25) is 5.91 Å². The molecule has 1 saturated heterocycles. The molecule has 4 unspecified atom stereocenters. The maximum absolute atomic E-state index is 12.5.